The monoisotopic (exact) mass is 398 g/mol. The highest BCUT2D eigenvalue weighted by atomic mass is 15.1. The molecule has 1 aromatic carbocycles. The molecule has 146 valence electrons. The summed E-state index contributed by atoms with van der Waals surface area (Å²) in [6.45, 7) is 0. The van der Waals surface area contributed by atoms with E-state index in [0.29, 0.717) is 33.8 Å². The summed E-state index contributed by atoms with van der Waals surface area (Å²) in [6, 6.07) is 7.32. The number of anilines is 4. The molecule has 0 saturated carbocycles. The Morgan fingerprint density at radius 3 is 1.20 bits per heavy atom. The van der Waals surface area contributed by atoms with E-state index in [9.17, 15) is 0 Å². The highest BCUT2D eigenvalue weighted by Crippen LogP contribution is 2.33. The lowest BCUT2D eigenvalue weighted by Gasteiger charge is -2.10. The van der Waals surface area contributed by atoms with Gasteiger partial charge in [0.15, 0.2) is 11.6 Å². The normalized spacial score (nSPS) is 11.2. The van der Waals surface area contributed by atoms with E-state index in [2.05, 4.69) is 39.9 Å². The molecule has 12 nitrogen and oxygen atoms in total. The van der Waals surface area contributed by atoms with Crippen molar-refractivity contribution >= 4 is 45.6 Å². The molecule has 0 atom stereocenters. The molecule has 0 amide bonds. The molecule has 8 N–H and O–H groups in total. The van der Waals surface area contributed by atoms with Crippen molar-refractivity contribution in [2.24, 2.45) is 0 Å². The summed E-state index contributed by atoms with van der Waals surface area (Å²) < 4.78 is 0. The summed E-state index contributed by atoms with van der Waals surface area (Å²) in [6.07, 6.45) is 3.28. The second kappa shape index (κ2) is 6.41. The van der Waals surface area contributed by atoms with Crippen LogP contribution in [0.3, 0.4) is 0 Å². The molecule has 0 aliphatic rings. The molecule has 5 aromatic rings. The van der Waals surface area contributed by atoms with Crippen LogP contribution in [-0.2, 0) is 0 Å². The van der Waals surface area contributed by atoms with Gasteiger partial charge in [-0.25, -0.2) is 0 Å². The summed E-state index contributed by atoms with van der Waals surface area (Å²) in [5.74, 6) is 0.839. The van der Waals surface area contributed by atoms with E-state index in [1.165, 1.54) is 0 Å². The zero-order valence-corrected chi connectivity index (χ0v) is 15.4. The van der Waals surface area contributed by atoms with Gasteiger partial charge in [0.2, 0.25) is 23.8 Å². The fourth-order valence-electron chi connectivity index (χ4n) is 3.28. The van der Waals surface area contributed by atoms with Crippen molar-refractivity contribution < 1.29 is 0 Å². The first-order valence-corrected chi connectivity index (χ1v) is 8.71. The van der Waals surface area contributed by atoms with Crippen molar-refractivity contribution in [1.82, 2.24) is 39.9 Å². The number of rotatable bonds is 2. The van der Waals surface area contributed by atoms with Crippen LogP contribution in [-0.4, -0.2) is 39.9 Å². The first-order chi connectivity index (χ1) is 14.5. The lowest BCUT2D eigenvalue weighted by molar-refractivity contribution is 1.09. The molecule has 30 heavy (non-hydrogen) atoms. The minimum absolute atomic E-state index is 0.0358. The van der Waals surface area contributed by atoms with Gasteiger partial charge in [0.1, 0.15) is 0 Å². The van der Waals surface area contributed by atoms with Crippen LogP contribution in [0.15, 0.2) is 36.7 Å². The molecular weight excluding hydrogens is 384 g/mol. The molecule has 0 unspecified atom stereocenters. The van der Waals surface area contributed by atoms with E-state index in [0.717, 1.165) is 10.8 Å². The molecule has 0 fully saturated rings. The molecule has 0 saturated heterocycles. The molecule has 0 bridgehead atoms. The Kier molecular flexibility index (Phi) is 3.71. The van der Waals surface area contributed by atoms with Crippen LogP contribution >= 0.6 is 0 Å². The Bertz CT molecular complexity index is 1300. The average Bonchev–Trinajstić information content (AvgIpc) is 2.71. The second-order valence-corrected chi connectivity index (χ2v) is 6.33. The van der Waals surface area contributed by atoms with Gasteiger partial charge in [0.25, 0.3) is 0 Å². The Morgan fingerprint density at radius 2 is 0.833 bits per heavy atom. The third-order valence-corrected chi connectivity index (χ3v) is 4.44. The van der Waals surface area contributed by atoms with E-state index in [1.807, 2.05) is 12.1 Å². The van der Waals surface area contributed by atoms with Crippen LogP contribution < -0.4 is 22.9 Å². The van der Waals surface area contributed by atoms with Crippen molar-refractivity contribution in [3.63, 3.8) is 0 Å². The van der Waals surface area contributed by atoms with Crippen LogP contribution in [0.1, 0.15) is 0 Å². The zero-order chi connectivity index (χ0) is 20.8. The Morgan fingerprint density at radius 1 is 0.467 bits per heavy atom. The molecule has 12 heteroatoms. The fraction of sp³-hybridized carbons (Fsp3) is 0. The number of pyridine rings is 2. The van der Waals surface area contributed by atoms with Gasteiger partial charge >= 0.3 is 0 Å². The van der Waals surface area contributed by atoms with E-state index in [4.69, 9.17) is 22.9 Å². The topological polar surface area (TPSA) is 207 Å². The number of nitrogens with zero attached hydrogens (tertiary/aromatic N) is 8. The van der Waals surface area contributed by atoms with Crippen molar-refractivity contribution in [3.8, 4) is 22.8 Å². The van der Waals surface area contributed by atoms with E-state index in [-0.39, 0.29) is 23.8 Å². The van der Waals surface area contributed by atoms with Crippen LogP contribution in [0.2, 0.25) is 0 Å². The molecule has 5 rings (SSSR count). The van der Waals surface area contributed by atoms with Crippen molar-refractivity contribution in [2.75, 3.05) is 22.9 Å². The molecule has 0 aliphatic heterocycles. The molecule has 4 aromatic heterocycles. The van der Waals surface area contributed by atoms with Gasteiger partial charge in [0, 0.05) is 34.3 Å². The predicted octanol–water partition coefficient (Wildman–Crippen LogP) is 0.816. The largest absolute Gasteiger partial charge is 0.368 e. The van der Waals surface area contributed by atoms with Gasteiger partial charge in [0.05, 0.1) is 11.0 Å². The van der Waals surface area contributed by atoms with Crippen LogP contribution in [0.25, 0.3) is 44.6 Å². The van der Waals surface area contributed by atoms with Gasteiger partial charge in [-0.3, -0.25) is 9.97 Å². The Labute approximate surface area is 168 Å². The molecule has 0 spiro atoms. The SMILES string of the molecule is Nc1nc(N)nc(-c2ccnc3c2ccc2c(-c4nc(N)nc(N)n4)ccnc23)n1. The second-order valence-electron chi connectivity index (χ2n) is 6.33. The third-order valence-electron chi connectivity index (χ3n) is 4.44. The first-order valence-electron chi connectivity index (χ1n) is 8.71. The van der Waals surface area contributed by atoms with Gasteiger partial charge in [-0.1, -0.05) is 12.1 Å². The summed E-state index contributed by atoms with van der Waals surface area (Å²) in [5, 5.41) is 1.55. The first kappa shape index (κ1) is 17.4. The Balaban J connectivity index is 1.79. The van der Waals surface area contributed by atoms with Gasteiger partial charge < -0.3 is 22.9 Å². The number of benzene rings is 1. The molecule has 4 heterocycles. The number of fused-ring (bicyclic) bond motifs is 3. The maximum Gasteiger partial charge on any atom is 0.225 e. The number of nitrogen functional groups attached to an aromatic ring is 4. The summed E-state index contributed by atoms with van der Waals surface area (Å²) in [7, 11) is 0. The van der Waals surface area contributed by atoms with Crippen LogP contribution in [0.4, 0.5) is 23.8 Å². The van der Waals surface area contributed by atoms with Crippen molar-refractivity contribution in [3.05, 3.63) is 36.7 Å². The highest BCUT2D eigenvalue weighted by Gasteiger charge is 2.15. The third kappa shape index (κ3) is 2.79. The van der Waals surface area contributed by atoms with Gasteiger partial charge in [-0.05, 0) is 12.1 Å². The van der Waals surface area contributed by atoms with E-state index in [1.54, 1.807) is 24.5 Å². The maximum atomic E-state index is 5.73. The predicted molar refractivity (Wildman–Crippen MR) is 112 cm³/mol. The number of aromatic nitrogens is 8. The zero-order valence-electron chi connectivity index (χ0n) is 15.4. The quantitative estimate of drug-likeness (QED) is 0.305. The molecule has 0 aliphatic carbocycles. The smallest absolute Gasteiger partial charge is 0.225 e. The maximum absolute atomic E-state index is 5.73. The van der Waals surface area contributed by atoms with E-state index >= 15 is 0 Å². The summed E-state index contributed by atoms with van der Waals surface area (Å²) in [5.41, 5.74) is 25.6. The van der Waals surface area contributed by atoms with E-state index < -0.39 is 0 Å². The summed E-state index contributed by atoms with van der Waals surface area (Å²) >= 11 is 0. The van der Waals surface area contributed by atoms with Gasteiger partial charge in [-0.2, -0.15) is 29.9 Å². The van der Waals surface area contributed by atoms with Crippen molar-refractivity contribution in [2.45, 2.75) is 0 Å². The minimum Gasteiger partial charge on any atom is -0.368 e. The molecular formula is C18H14N12. The van der Waals surface area contributed by atoms with Gasteiger partial charge in [-0.15, -0.1) is 0 Å². The highest BCUT2D eigenvalue weighted by molar-refractivity contribution is 6.10. The number of nitrogens with two attached hydrogens (primary N) is 4. The van der Waals surface area contributed by atoms with Crippen LogP contribution in [0.5, 0.6) is 0 Å². The molecule has 0 radical (unpaired) electrons. The minimum atomic E-state index is 0.0358. The summed E-state index contributed by atoms with van der Waals surface area (Å²) in [4.78, 5) is 33.4. The Hall–Kier alpha value is -4.74. The average molecular weight is 398 g/mol. The van der Waals surface area contributed by atoms with Crippen molar-refractivity contribution in [1.29, 1.82) is 0 Å². The standard InChI is InChI=1S/C18H14N12/c19-15-25-13(26-16(20)29-15)9-3-5-23-11-7(9)1-2-8-10(4-6-24-12(8)11)14-27-17(21)30-18(22)28-14/h1-6H,(H4,19,20,25,26,29)(H4,21,22,27,28,30). The number of hydrogen-bond donors (Lipinski definition) is 4. The fourth-order valence-corrected chi connectivity index (χ4v) is 3.28. The number of hydrogen-bond acceptors (Lipinski definition) is 12. The lowest BCUT2D eigenvalue weighted by atomic mass is 10.0. The van der Waals surface area contributed by atoms with Crippen LogP contribution in [0, 0.1) is 0 Å². The lowest BCUT2D eigenvalue weighted by Crippen LogP contribution is -2.05.